The molecule has 6 nitrogen and oxygen atoms in total. The highest BCUT2D eigenvalue weighted by Crippen LogP contribution is 2.35. The molecule has 0 amide bonds. The Hall–Kier alpha value is -3.09. The largest absolute Gasteiger partial charge is 0.417 e. The molecule has 0 radical (unpaired) electrons. The maximum atomic E-state index is 14.6. The second kappa shape index (κ2) is 7.80. The molecular weight excluding hydrogens is 462 g/mol. The number of rotatable bonds is 3. The maximum Gasteiger partial charge on any atom is 0.417 e. The number of hydrogen-bond acceptors (Lipinski definition) is 5. The lowest BCUT2D eigenvalue weighted by Gasteiger charge is -2.34. The highest BCUT2D eigenvalue weighted by molar-refractivity contribution is 7.89. The SMILES string of the molecule is CN1C(N)=N[C@](C)(c2cc(/C=C(\F)c3ccc(C(F)(F)F)cn3)cc(F)c2F)CS1(=O)=O. The van der Waals surface area contributed by atoms with Crippen LogP contribution in [-0.2, 0) is 21.7 Å². The van der Waals surface area contributed by atoms with Gasteiger partial charge in [0.15, 0.2) is 11.6 Å². The normalized spacial score (nSPS) is 21.4. The molecule has 32 heavy (non-hydrogen) atoms. The van der Waals surface area contributed by atoms with Crippen molar-refractivity contribution in [1.82, 2.24) is 9.29 Å². The molecule has 1 aliphatic heterocycles. The van der Waals surface area contributed by atoms with Crippen molar-refractivity contribution >= 4 is 27.9 Å². The minimum absolute atomic E-state index is 0.232. The number of pyridine rings is 1. The molecule has 0 bridgehead atoms. The van der Waals surface area contributed by atoms with Gasteiger partial charge in [-0.3, -0.25) is 4.98 Å². The van der Waals surface area contributed by atoms with Crippen molar-refractivity contribution in [1.29, 1.82) is 0 Å². The molecule has 0 aliphatic carbocycles. The maximum absolute atomic E-state index is 14.6. The molecule has 0 saturated heterocycles. The van der Waals surface area contributed by atoms with Crippen LogP contribution < -0.4 is 5.73 Å². The number of benzene rings is 1. The Labute approximate surface area is 179 Å². The highest BCUT2D eigenvalue weighted by atomic mass is 32.2. The summed E-state index contributed by atoms with van der Waals surface area (Å²) in [6.45, 7) is 1.23. The van der Waals surface area contributed by atoms with E-state index in [2.05, 4.69) is 9.98 Å². The van der Waals surface area contributed by atoms with Gasteiger partial charge in [0, 0.05) is 18.8 Å². The van der Waals surface area contributed by atoms with Gasteiger partial charge in [-0.25, -0.2) is 30.9 Å². The zero-order valence-corrected chi connectivity index (χ0v) is 17.4. The first-order valence-electron chi connectivity index (χ1n) is 8.86. The zero-order valence-electron chi connectivity index (χ0n) is 16.6. The lowest BCUT2D eigenvalue weighted by molar-refractivity contribution is -0.137. The quantitative estimate of drug-likeness (QED) is 0.683. The number of aromatic nitrogens is 1. The Morgan fingerprint density at radius 2 is 1.91 bits per heavy atom. The van der Waals surface area contributed by atoms with Crippen LogP contribution in [0.15, 0.2) is 35.5 Å². The van der Waals surface area contributed by atoms with Crippen molar-refractivity contribution in [2.45, 2.75) is 18.6 Å². The number of guanidine groups is 1. The van der Waals surface area contributed by atoms with Crippen LogP contribution in [0.1, 0.15) is 29.3 Å². The van der Waals surface area contributed by atoms with Gasteiger partial charge >= 0.3 is 6.18 Å². The predicted molar refractivity (Wildman–Crippen MR) is 105 cm³/mol. The summed E-state index contributed by atoms with van der Waals surface area (Å²) in [6.07, 6.45) is -3.50. The van der Waals surface area contributed by atoms with E-state index in [-0.39, 0.29) is 5.56 Å². The van der Waals surface area contributed by atoms with Crippen molar-refractivity contribution in [3.8, 4) is 0 Å². The molecule has 1 aliphatic rings. The standard InChI is InChI=1S/C19H16F6N4O2S/c1-18(9-32(30,31)29(2)17(26)28-18)12-5-10(7-14(21)16(12)22)6-13(20)15-4-3-11(8-27-15)19(23,24)25/h3-8H,9H2,1-2H3,(H2,26,28)/b13-6-/t18-/m0/s1. The fourth-order valence-corrected chi connectivity index (χ4v) is 4.55. The summed E-state index contributed by atoms with van der Waals surface area (Å²) in [5.41, 5.74) is 1.52. The zero-order chi connectivity index (χ0) is 24.1. The molecule has 13 heteroatoms. The summed E-state index contributed by atoms with van der Waals surface area (Å²) in [5.74, 6) is -5.11. The Bertz CT molecular complexity index is 1230. The molecule has 1 aromatic heterocycles. The van der Waals surface area contributed by atoms with Gasteiger partial charge in [0.1, 0.15) is 11.4 Å². The Balaban J connectivity index is 2.06. The predicted octanol–water partition coefficient (Wildman–Crippen LogP) is 3.65. The lowest BCUT2D eigenvalue weighted by atomic mass is 9.92. The smallest absolute Gasteiger partial charge is 0.369 e. The van der Waals surface area contributed by atoms with Crippen LogP contribution in [0.2, 0.25) is 0 Å². The van der Waals surface area contributed by atoms with Crippen molar-refractivity contribution in [2.75, 3.05) is 12.8 Å². The molecule has 0 spiro atoms. The molecule has 3 rings (SSSR count). The molecule has 1 aromatic carbocycles. The third kappa shape index (κ3) is 4.42. The third-order valence-electron chi connectivity index (χ3n) is 4.82. The molecule has 0 saturated carbocycles. The number of halogens is 6. The van der Waals surface area contributed by atoms with Crippen LogP contribution in [0.5, 0.6) is 0 Å². The van der Waals surface area contributed by atoms with Crippen LogP contribution >= 0.6 is 0 Å². The topological polar surface area (TPSA) is 88.7 Å². The van der Waals surface area contributed by atoms with Gasteiger partial charge in [0.05, 0.1) is 17.0 Å². The van der Waals surface area contributed by atoms with Crippen molar-refractivity contribution in [2.24, 2.45) is 10.7 Å². The van der Waals surface area contributed by atoms with Gasteiger partial charge in [-0.2, -0.15) is 13.2 Å². The van der Waals surface area contributed by atoms with Crippen molar-refractivity contribution in [3.63, 3.8) is 0 Å². The summed E-state index contributed by atoms with van der Waals surface area (Å²) in [6, 6.07) is 3.03. The second-order valence-electron chi connectivity index (χ2n) is 7.25. The molecule has 172 valence electrons. The van der Waals surface area contributed by atoms with Gasteiger partial charge in [0.2, 0.25) is 16.0 Å². The molecule has 2 heterocycles. The molecule has 0 fully saturated rings. The fraction of sp³-hybridized carbons (Fsp3) is 0.263. The van der Waals surface area contributed by atoms with E-state index in [4.69, 9.17) is 5.73 Å². The average Bonchev–Trinajstić information content (AvgIpc) is 2.67. The second-order valence-corrected chi connectivity index (χ2v) is 9.25. The van der Waals surface area contributed by atoms with Gasteiger partial charge in [-0.05, 0) is 42.8 Å². The number of alkyl halides is 3. The minimum atomic E-state index is -4.66. The molecule has 1 atom stereocenters. The molecular formula is C19H16F6N4O2S. The van der Waals surface area contributed by atoms with Crippen LogP contribution in [0.4, 0.5) is 26.3 Å². The van der Waals surface area contributed by atoms with Gasteiger partial charge in [-0.15, -0.1) is 0 Å². The van der Waals surface area contributed by atoms with E-state index in [0.717, 1.165) is 25.3 Å². The number of hydrogen-bond donors (Lipinski definition) is 1. The first kappa shape index (κ1) is 23.6. The van der Waals surface area contributed by atoms with Crippen LogP contribution in [0.3, 0.4) is 0 Å². The molecule has 2 aromatic rings. The average molecular weight is 478 g/mol. The molecule has 2 N–H and O–H groups in total. The van der Waals surface area contributed by atoms with Gasteiger partial charge in [-0.1, -0.05) is 0 Å². The van der Waals surface area contributed by atoms with Crippen molar-refractivity contribution in [3.05, 3.63) is 64.5 Å². The summed E-state index contributed by atoms with van der Waals surface area (Å²) in [4.78, 5) is 7.37. The summed E-state index contributed by atoms with van der Waals surface area (Å²) >= 11 is 0. The Morgan fingerprint density at radius 1 is 1.25 bits per heavy atom. The monoisotopic (exact) mass is 478 g/mol. The van der Waals surface area contributed by atoms with Crippen LogP contribution in [0.25, 0.3) is 11.9 Å². The van der Waals surface area contributed by atoms with Gasteiger partial charge in [0.25, 0.3) is 0 Å². The van der Waals surface area contributed by atoms with Crippen LogP contribution in [0, 0.1) is 11.6 Å². The van der Waals surface area contributed by atoms with Gasteiger partial charge < -0.3 is 5.73 Å². The van der Waals surface area contributed by atoms with E-state index in [9.17, 15) is 34.8 Å². The first-order chi connectivity index (χ1) is 14.6. The summed E-state index contributed by atoms with van der Waals surface area (Å²) in [5, 5.41) is 0. The number of aliphatic imine (C=N–C) groups is 1. The number of nitrogens with two attached hydrogens (primary N) is 1. The lowest BCUT2D eigenvalue weighted by Crippen LogP contribution is -2.50. The fourth-order valence-electron chi connectivity index (χ4n) is 3.10. The first-order valence-corrected chi connectivity index (χ1v) is 10.5. The third-order valence-corrected chi connectivity index (χ3v) is 6.77. The highest BCUT2D eigenvalue weighted by Gasteiger charge is 2.42. The number of sulfonamides is 1. The molecule has 0 unspecified atom stereocenters. The van der Waals surface area contributed by atoms with E-state index in [0.29, 0.717) is 22.6 Å². The van der Waals surface area contributed by atoms with E-state index >= 15 is 0 Å². The number of nitrogens with zero attached hydrogens (tertiary/aromatic N) is 3. The van der Waals surface area contributed by atoms with E-state index in [1.807, 2.05) is 0 Å². The Morgan fingerprint density at radius 3 is 2.44 bits per heavy atom. The Kier molecular flexibility index (Phi) is 5.74. The summed E-state index contributed by atoms with van der Waals surface area (Å²) in [7, 11) is -2.84. The van der Waals surface area contributed by atoms with E-state index in [1.165, 1.54) is 6.92 Å². The van der Waals surface area contributed by atoms with Crippen LogP contribution in [-0.4, -0.2) is 36.5 Å². The summed E-state index contributed by atoms with van der Waals surface area (Å²) < 4.78 is 107. The minimum Gasteiger partial charge on any atom is -0.369 e. The van der Waals surface area contributed by atoms with E-state index < -0.39 is 67.7 Å². The van der Waals surface area contributed by atoms with Crippen molar-refractivity contribution < 1.29 is 34.8 Å². The van der Waals surface area contributed by atoms with E-state index in [1.54, 1.807) is 0 Å².